The number of carbonyl (C=O) groups is 1. The van der Waals surface area contributed by atoms with Crippen molar-refractivity contribution in [1.29, 1.82) is 0 Å². The van der Waals surface area contributed by atoms with Crippen molar-refractivity contribution in [1.82, 2.24) is 0 Å². The molecule has 0 heterocycles. The number of rotatable bonds is 1. The second kappa shape index (κ2) is 8.01. The van der Waals surface area contributed by atoms with E-state index in [1.54, 1.807) is 13.0 Å². The summed E-state index contributed by atoms with van der Waals surface area (Å²) in [6.45, 7) is 4.74. The summed E-state index contributed by atoms with van der Waals surface area (Å²) in [5, 5.41) is 15.8. The second-order valence-electron chi connectivity index (χ2n) is 1.77. The maximum absolute atomic E-state index is 9.00. The van der Waals surface area contributed by atoms with Gasteiger partial charge in [-0.2, -0.15) is 0 Å². The summed E-state index contributed by atoms with van der Waals surface area (Å²) in [5.74, 6) is -0.419. The lowest BCUT2D eigenvalue weighted by molar-refractivity contribution is -0.134. The molecule has 0 saturated carbocycles. The Morgan fingerprint density at radius 1 is 1.40 bits per heavy atom. The molecule has 0 amide bonds. The van der Waals surface area contributed by atoms with E-state index in [2.05, 4.69) is 0 Å². The molecule has 0 aliphatic rings. The van der Waals surface area contributed by atoms with Gasteiger partial charge in [-0.3, -0.25) is 4.79 Å². The SMILES string of the molecule is CC(=O)O.CCC=C(C)O. The highest BCUT2D eigenvalue weighted by molar-refractivity contribution is 5.62. The maximum Gasteiger partial charge on any atom is 0.300 e. The lowest BCUT2D eigenvalue weighted by atomic mass is 10.4. The summed E-state index contributed by atoms with van der Waals surface area (Å²) < 4.78 is 0. The molecule has 2 N–H and O–H groups in total. The van der Waals surface area contributed by atoms with Crippen LogP contribution in [-0.2, 0) is 4.79 Å². The number of aliphatic hydroxyl groups excluding tert-OH is 1. The average Bonchev–Trinajstić information content (AvgIpc) is 1.62. The van der Waals surface area contributed by atoms with Gasteiger partial charge in [0.2, 0.25) is 0 Å². The molecule has 0 rings (SSSR count). The number of aliphatic hydroxyl groups is 1. The van der Waals surface area contributed by atoms with Crippen molar-refractivity contribution in [2.75, 3.05) is 0 Å². The van der Waals surface area contributed by atoms with Crippen molar-refractivity contribution in [3.63, 3.8) is 0 Å². The molecule has 0 unspecified atom stereocenters. The van der Waals surface area contributed by atoms with Crippen molar-refractivity contribution in [2.24, 2.45) is 0 Å². The summed E-state index contributed by atoms with van der Waals surface area (Å²) in [6.07, 6.45) is 2.68. The molecule has 0 spiro atoms. The predicted molar refractivity (Wildman–Crippen MR) is 40.0 cm³/mol. The van der Waals surface area contributed by atoms with Gasteiger partial charge in [0, 0.05) is 6.92 Å². The van der Waals surface area contributed by atoms with E-state index in [0.29, 0.717) is 5.76 Å². The van der Waals surface area contributed by atoms with Gasteiger partial charge >= 0.3 is 0 Å². The first-order valence-electron chi connectivity index (χ1n) is 3.06. The summed E-state index contributed by atoms with van der Waals surface area (Å²) >= 11 is 0. The van der Waals surface area contributed by atoms with Gasteiger partial charge in [0.1, 0.15) is 0 Å². The van der Waals surface area contributed by atoms with Gasteiger partial charge in [-0.25, -0.2) is 0 Å². The Kier molecular flexibility index (Phi) is 9.42. The van der Waals surface area contributed by atoms with E-state index in [4.69, 9.17) is 15.0 Å². The summed E-state index contributed by atoms with van der Waals surface area (Å²) in [5.41, 5.74) is 0. The third-order valence-corrected chi connectivity index (χ3v) is 0.500. The number of carboxylic acid groups (broad SMARTS) is 1. The first-order chi connectivity index (χ1) is 4.50. The lowest BCUT2D eigenvalue weighted by Crippen LogP contribution is -1.78. The molecule has 0 aromatic heterocycles. The van der Waals surface area contributed by atoms with Crippen LogP contribution in [0.3, 0.4) is 0 Å². The molecule has 0 aliphatic heterocycles. The maximum atomic E-state index is 9.00. The highest BCUT2D eigenvalue weighted by Gasteiger charge is 1.70. The quantitative estimate of drug-likeness (QED) is 0.556. The van der Waals surface area contributed by atoms with Crippen molar-refractivity contribution >= 4 is 5.97 Å². The van der Waals surface area contributed by atoms with Gasteiger partial charge in [-0.15, -0.1) is 0 Å². The Morgan fingerprint density at radius 2 is 1.70 bits per heavy atom. The minimum Gasteiger partial charge on any atom is -0.513 e. The van der Waals surface area contributed by atoms with E-state index < -0.39 is 5.97 Å². The fraction of sp³-hybridized carbons (Fsp3) is 0.571. The van der Waals surface area contributed by atoms with Gasteiger partial charge in [-0.05, 0) is 19.4 Å². The monoisotopic (exact) mass is 146 g/mol. The number of carboxylic acids is 1. The zero-order chi connectivity index (χ0) is 8.57. The molecule has 0 aliphatic carbocycles. The Bertz CT molecular complexity index is 108. The van der Waals surface area contributed by atoms with Crippen LogP contribution in [0.25, 0.3) is 0 Å². The zero-order valence-electron chi connectivity index (χ0n) is 6.59. The van der Waals surface area contributed by atoms with E-state index in [1.807, 2.05) is 6.92 Å². The van der Waals surface area contributed by atoms with Crippen LogP contribution in [0.2, 0.25) is 0 Å². The Hall–Kier alpha value is -0.990. The van der Waals surface area contributed by atoms with Gasteiger partial charge < -0.3 is 10.2 Å². The number of hydrogen-bond donors (Lipinski definition) is 2. The second-order valence-corrected chi connectivity index (χ2v) is 1.77. The molecule has 0 atom stereocenters. The normalized spacial score (nSPS) is 9.70. The fourth-order valence-electron chi connectivity index (χ4n) is 0.295. The zero-order valence-corrected chi connectivity index (χ0v) is 6.59. The van der Waals surface area contributed by atoms with Crippen LogP contribution < -0.4 is 0 Å². The van der Waals surface area contributed by atoms with Crippen molar-refractivity contribution in [2.45, 2.75) is 27.2 Å². The van der Waals surface area contributed by atoms with E-state index in [1.165, 1.54) is 0 Å². The van der Waals surface area contributed by atoms with Crippen LogP contribution in [0, 0.1) is 0 Å². The third-order valence-electron chi connectivity index (χ3n) is 0.500. The van der Waals surface area contributed by atoms with Crippen molar-refractivity contribution < 1.29 is 15.0 Å². The highest BCUT2D eigenvalue weighted by atomic mass is 16.4. The van der Waals surface area contributed by atoms with E-state index >= 15 is 0 Å². The molecular weight excluding hydrogens is 132 g/mol. The first-order valence-corrected chi connectivity index (χ1v) is 3.06. The van der Waals surface area contributed by atoms with Crippen LogP contribution in [0.1, 0.15) is 27.2 Å². The molecule has 0 radical (unpaired) electrons. The predicted octanol–water partition coefficient (Wildman–Crippen LogP) is 1.95. The number of allylic oxidation sites excluding steroid dienone is 2. The molecule has 10 heavy (non-hydrogen) atoms. The number of hydrogen-bond acceptors (Lipinski definition) is 2. The summed E-state index contributed by atoms with van der Waals surface area (Å²) in [7, 11) is 0. The molecule has 0 aromatic rings. The lowest BCUT2D eigenvalue weighted by Gasteiger charge is -1.80. The first kappa shape index (κ1) is 11.8. The van der Waals surface area contributed by atoms with Crippen LogP contribution >= 0.6 is 0 Å². The third kappa shape index (κ3) is 62.7. The van der Waals surface area contributed by atoms with E-state index in [9.17, 15) is 0 Å². The molecule has 60 valence electrons. The minimum atomic E-state index is -0.833. The largest absolute Gasteiger partial charge is 0.513 e. The smallest absolute Gasteiger partial charge is 0.300 e. The van der Waals surface area contributed by atoms with Gasteiger partial charge in [0.15, 0.2) is 0 Å². The molecule has 3 heteroatoms. The van der Waals surface area contributed by atoms with Crippen LogP contribution in [0.4, 0.5) is 0 Å². The molecule has 0 bridgehead atoms. The minimum absolute atomic E-state index is 0.414. The van der Waals surface area contributed by atoms with Crippen molar-refractivity contribution in [3.8, 4) is 0 Å². The number of aliphatic carboxylic acids is 1. The summed E-state index contributed by atoms with van der Waals surface area (Å²) in [6, 6.07) is 0. The molecule has 3 nitrogen and oxygen atoms in total. The average molecular weight is 146 g/mol. The summed E-state index contributed by atoms with van der Waals surface area (Å²) in [4.78, 5) is 9.00. The van der Waals surface area contributed by atoms with E-state index in [0.717, 1.165) is 13.3 Å². The molecule has 0 fully saturated rings. The fourth-order valence-corrected chi connectivity index (χ4v) is 0.295. The molecular formula is C7H14O3. The topological polar surface area (TPSA) is 57.5 Å². The van der Waals surface area contributed by atoms with Crippen LogP contribution in [0.15, 0.2) is 11.8 Å². The van der Waals surface area contributed by atoms with Crippen molar-refractivity contribution in [3.05, 3.63) is 11.8 Å². The Labute approximate surface area is 61.0 Å². The highest BCUT2D eigenvalue weighted by Crippen LogP contribution is 1.85. The molecule has 0 saturated heterocycles. The van der Waals surface area contributed by atoms with Gasteiger partial charge in [0.05, 0.1) is 5.76 Å². The van der Waals surface area contributed by atoms with Gasteiger partial charge in [-0.1, -0.05) is 6.92 Å². The Balaban J connectivity index is 0. The standard InChI is InChI=1S/C5H10O.C2H4O2/c1-3-4-5(2)6;1-2(3)4/h4,6H,3H2,1-2H3;1H3,(H,3,4). The van der Waals surface area contributed by atoms with Crippen LogP contribution in [-0.4, -0.2) is 16.2 Å². The molecule has 0 aromatic carbocycles. The van der Waals surface area contributed by atoms with Gasteiger partial charge in [0.25, 0.3) is 5.97 Å². The van der Waals surface area contributed by atoms with E-state index in [-0.39, 0.29) is 0 Å². The van der Waals surface area contributed by atoms with Crippen LogP contribution in [0.5, 0.6) is 0 Å². The Morgan fingerprint density at radius 3 is 1.70 bits per heavy atom.